The topological polar surface area (TPSA) is 66.8 Å². The van der Waals surface area contributed by atoms with Crippen molar-refractivity contribution < 1.29 is 9.47 Å². The second-order valence-corrected chi connectivity index (χ2v) is 7.72. The molecule has 0 saturated carbocycles. The molecular weight excluding hydrogens is 529 g/mol. The molecule has 0 unspecified atom stereocenters. The summed E-state index contributed by atoms with van der Waals surface area (Å²) in [6, 6.07) is 8.02. The number of H-pyrrole nitrogens is 1. The third-order valence-electron chi connectivity index (χ3n) is 5.14. The standard InChI is InChI=1S/C22H30ClN5O2.HI/c1-24-22(28(3)14-17-9-15(23)13-27(17)2)25-8-6-7-16-10-19-20(26-16)11-18(29-4)12-21(19)30-5;/h9-13,26H,6-8,14H2,1-5H3,(H,24,25);1H. The summed E-state index contributed by atoms with van der Waals surface area (Å²) in [6.07, 6.45) is 3.79. The van der Waals surface area contributed by atoms with Gasteiger partial charge in [-0.05, 0) is 25.0 Å². The molecule has 3 rings (SSSR count). The van der Waals surface area contributed by atoms with E-state index in [2.05, 4.69) is 26.3 Å². The van der Waals surface area contributed by atoms with Crippen LogP contribution in [-0.2, 0) is 20.0 Å². The molecule has 2 aromatic heterocycles. The van der Waals surface area contributed by atoms with Gasteiger partial charge in [0.25, 0.3) is 0 Å². The van der Waals surface area contributed by atoms with Crippen LogP contribution in [0.5, 0.6) is 11.5 Å². The van der Waals surface area contributed by atoms with Crippen molar-refractivity contribution >= 4 is 52.4 Å². The Bertz CT molecular complexity index is 1030. The number of rotatable bonds is 8. The Hall–Kier alpha value is -2.07. The lowest BCUT2D eigenvalue weighted by Crippen LogP contribution is -2.39. The number of aromatic nitrogens is 2. The molecule has 0 amide bonds. The minimum atomic E-state index is 0. The fraction of sp³-hybridized carbons (Fsp3) is 0.409. The summed E-state index contributed by atoms with van der Waals surface area (Å²) in [5.74, 6) is 2.45. The van der Waals surface area contributed by atoms with Crippen molar-refractivity contribution in [3.05, 3.63) is 46.9 Å². The molecule has 3 aromatic rings. The van der Waals surface area contributed by atoms with Crippen molar-refractivity contribution in [2.45, 2.75) is 19.4 Å². The van der Waals surface area contributed by atoms with Crippen molar-refractivity contribution in [2.24, 2.45) is 12.0 Å². The molecular formula is C22H31ClIN5O2. The molecule has 1 aromatic carbocycles. The van der Waals surface area contributed by atoms with E-state index in [4.69, 9.17) is 21.1 Å². The number of guanidine groups is 1. The smallest absolute Gasteiger partial charge is 0.193 e. The third-order valence-corrected chi connectivity index (χ3v) is 5.34. The summed E-state index contributed by atoms with van der Waals surface area (Å²) in [4.78, 5) is 9.95. The molecule has 0 saturated heterocycles. The van der Waals surface area contributed by atoms with Gasteiger partial charge in [-0.2, -0.15) is 0 Å². The number of hydrogen-bond acceptors (Lipinski definition) is 3. The lowest BCUT2D eigenvalue weighted by molar-refractivity contribution is 0.398. The lowest BCUT2D eigenvalue weighted by Gasteiger charge is -2.22. The van der Waals surface area contributed by atoms with Gasteiger partial charge in [-0.15, -0.1) is 24.0 Å². The summed E-state index contributed by atoms with van der Waals surface area (Å²) in [7, 11) is 9.15. The van der Waals surface area contributed by atoms with Crippen LogP contribution >= 0.6 is 35.6 Å². The molecule has 0 radical (unpaired) electrons. The third kappa shape index (κ3) is 6.22. The second kappa shape index (κ2) is 11.5. The van der Waals surface area contributed by atoms with Gasteiger partial charge in [0, 0.05) is 62.8 Å². The number of ether oxygens (including phenoxy) is 2. The van der Waals surface area contributed by atoms with Crippen LogP contribution in [0.15, 0.2) is 35.5 Å². The minimum Gasteiger partial charge on any atom is -0.497 e. The fourth-order valence-corrected chi connectivity index (χ4v) is 3.84. The van der Waals surface area contributed by atoms with Gasteiger partial charge in [0.15, 0.2) is 5.96 Å². The number of halogens is 2. The quantitative estimate of drug-likeness (QED) is 0.185. The molecule has 0 bridgehead atoms. The normalized spacial score (nSPS) is 11.4. The van der Waals surface area contributed by atoms with E-state index in [1.165, 1.54) is 5.69 Å². The maximum absolute atomic E-state index is 6.09. The number of fused-ring (bicyclic) bond motifs is 1. The Labute approximate surface area is 205 Å². The number of aromatic amines is 1. The molecule has 0 fully saturated rings. The zero-order chi connectivity index (χ0) is 21.7. The van der Waals surface area contributed by atoms with Crippen molar-refractivity contribution in [1.82, 2.24) is 19.8 Å². The molecule has 2 heterocycles. The van der Waals surface area contributed by atoms with Crippen molar-refractivity contribution in [1.29, 1.82) is 0 Å². The number of hydrogen-bond donors (Lipinski definition) is 2. The second-order valence-electron chi connectivity index (χ2n) is 7.28. The van der Waals surface area contributed by atoms with Crippen LogP contribution in [0.2, 0.25) is 5.02 Å². The van der Waals surface area contributed by atoms with Gasteiger partial charge in [-0.3, -0.25) is 4.99 Å². The van der Waals surface area contributed by atoms with Gasteiger partial charge in [0.2, 0.25) is 0 Å². The highest BCUT2D eigenvalue weighted by atomic mass is 127. The van der Waals surface area contributed by atoms with E-state index >= 15 is 0 Å². The van der Waals surface area contributed by atoms with Gasteiger partial charge in [-0.25, -0.2) is 0 Å². The molecule has 2 N–H and O–H groups in total. The highest BCUT2D eigenvalue weighted by Crippen LogP contribution is 2.31. The predicted octanol–water partition coefficient (Wildman–Crippen LogP) is 4.44. The van der Waals surface area contributed by atoms with Crippen molar-refractivity contribution in [2.75, 3.05) is 34.9 Å². The van der Waals surface area contributed by atoms with E-state index in [0.29, 0.717) is 0 Å². The first-order chi connectivity index (χ1) is 14.4. The van der Waals surface area contributed by atoms with E-state index in [1.54, 1.807) is 21.3 Å². The molecule has 7 nitrogen and oxygen atoms in total. The molecule has 0 aliphatic carbocycles. The molecule has 0 aliphatic rings. The lowest BCUT2D eigenvalue weighted by atomic mass is 10.2. The monoisotopic (exact) mass is 559 g/mol. The predicted molar refractivity (Wildman–Crippen MR) is 138 cm³/mol. The summed E-state index contributed by atoms with van der Waals surface area (Å²) >= 11 is 6.09. The van der Waals surface area contributed by atoms with Crippen molar-refractivity contribution in [3.63, 3.8) is 0 Å². The Kier molecular flexibility index (Phi) is 9.36. The summed E-state index contributed by atoms with van der Waals surface area (Å²) in [5, 5.41) is 5.25. The Morgan fingerprint density at radius 2 is 2.00 bits per heavy atom. The molecule has 31 heavy (non-hydrogen) atoms. The van der Waals surface area contributed by atoms with Crippen LogP contribution in [0.4, 0.5) is 0 Å². The van der Waals surface area contributed by atoms with Gasteiger partial charge in [-0.1, -0.05) is 11.6 Å². The number of benzene rings is 1. The van der Waals surface area contributed by atoms with Crippen LogP contribution in [0, 0.1) is 0 Å². The van der Waals surface area contributed by atoms with E-state index in [1.807, 2.05) is 43.1 Å². The number of methoxy groups -OCH3 is 2. The van der Waals surface area contributed by atoms with Gasteiger partial charge in [0.05, 0.1) is 31.3 Å². The van der Waals surface area contributed by atoms with E-state index in [0.717, 1.165) is 65.0 Å². The SMILES string of the molecule is CN=C(NCCCc1cc2c(OC)cc(OC)cc2[nH]1)N(C)Cc1cc(Cl)cn1C.I. The van der Waals surface area contributed by atoms with Gasteiger partial charge in [0.1, 0.15) is 11.5 Å². The fourth-order valence-electron chi connectivity index (χ4n) is 3.56. The highest BCUT2D eigenvalue weighted by Gasteiger charge is 2.11. The first-order valence-electron chi connectivity index (χ1n) is 9.91. The van der Waals surface area contributed by atoms with E-state index in [9.17, 15) is 0 Å². The average Bonchev–Trinajstić information content (AvgIpc) is 3.28. The van der Waals surface area contributed by atoms with Crippen LogP contribution in [0.1, 0.15) is 17.8 Å². The zero-order valence-electron chi connectivity index (χ0n) is 18.7. The molecule has 0 spiro atoms. The highest BCUT2D eigenvalue weighted by molar-refractivity contribution is 14.0. The zero-order valence-corrected chi connectivity index (χ0v) is 21.7. The largest absolute Gasteiger partial charge is 0.497 e. The number of nitrogens with one attached hydrogen (secondary N) is 2. The number of aryl methyl sites for hydroxylation is 2. The Morgan fingerprint density at radius 3 is 2.61 bits per heavy atom. The Morgan fingerprint density at radius 1 is 1.23 bits per heavy atom. The first-order valence-corrected chi connectivity index (χ1v) is 10.3. The maximum Gasteiger partial charge on any atom is 0.193 e. The van der Waals surface area contributed by atoms with Crippen molar-refractivity contribution in [3.8, 4) is 11.5 Å². The van der Waals surface area contributed by atoms with Gasteiger partial charge < -0.3 is 29.2 Å². The average molecular weight is 560 g/mol. The summed E-state index contributed by atoms with van der Waals surface area (Å²) in [6.45, 7) is 1.55. The van der Waals surface area contributed by atoms with Crippen LogP contribution in [-0.4, -0.2) is 55.3 Å². The Balaban J connectivity index is 0.00000341. The first kappa shape index (κ1) is 25.2. The van der Waals surface area contributed by atoms with Crippen LogP contribution in [0.3, 0.4) is 0 Å². The number of nitrogens with zero attached hydrogens (tertiary/aromatic N) is 3. The molecule has 0 atom stereocenters. The van der Waals surface area contributed by atoms with Crippen LogP contribution in [0.25, 0.3) is 10.9 Å². The molecule has 0 aliphatic heterocycles. The van der Waals surface area contributed by atoms with Gasteiger partial charge >= 0.3 is 0 Å². The maximum atomic E-state index is 6.09. The number of aliphatic imine (C=N–C) groups is 1. The molecule has 9 heteroatoms. The van der Waals surface area contributed by atoms with E-state index in [-0.39, 0.29) is 24.0 Å². The van der Waals surface area contributed by atoms with E-state index < -0.39 is 0 Å². The molecule has 170 valence electrons. The summed E-state index contributed by atoms with van der Waals surface area (Å²) < 4.78 is 12.9. The van der Waals surface area contributed by atoms with Crippen LogP contribution < -0.4 is 14.8 Å². The minimum absolute atomic E-state index is 0. The summed E-state index contributed by atoms with van der Waals surface area (Å²) in [5.41, 5.74) is 3.32.